The van der Waals surface area contributed by atoms with Crippen molar-refractivity contribution in [3.63, 3.8) is 0 Å². The molecule has 0 aliphatic carbocycles. The molecule has 0 radical (unpaired) electrons. The van der Waals surface area contributed by atoms with Crippen molar-refractivity contribution >= 4 is 29.2 Å². The van der Waals surface area contributed by atoms with E-state index >= 15 is 0 Å². The highest BCUT2D eigenvalue weighted by atomic mass is 32.1. The van der Waals surface area contributed by atoms with Crippen LogP contribution in [0.15, 0.2) is 5.38 Å². The maximum absolute atomic E-state index is 12.4. The van der Waals surface area contributed by atoms with Crippen molar-refractivity contribution in [2.75, 3.05) is 38.0 Å². The van der Waals surface area contributed by atoms with E-state index in [0.29, 0.717) is 31.3 Å². The summed E-state index contributed by atoms with van der Waals surface area (Å²) in [6.45, 7) is 13.4. The first-order valence-electron chi connectivity index (χ1n) is 12.9. The lowest BCUT2D eigenvalue weighted by Gasteiger charge is -2.32. The fourth-order valence-electron chi connectivity index (χ4n) is 4.55. The molecular weight excluding hydrogens is 476 g/mol. The quantitative estimate of drug-likeness (QED) is 0.532. The van der Waals surface area contributed by atoms with Crippen molar-refractivity contribution in [3.8, 4) is 11.5 Å². The summed E-state index contributed by atoms with van der Waals surface area (Å²) in [5.41, 5.74) is 2.27. The molecule has 0 unspecified atom stereocenters. The lowest BCUT2D eigenvalue weighted by Crippen LogP contribution is -2.41. The Kier molecular flexibility index (Phi) is 8.12. The van der Waals surface area contributed by atoms with E-state index in [1.807, 2.05) is 44.9 Å². The molecule has 0 aromatic carbocycles. The minimum absolute atomic E-state index is 0.239. The molecular formula is C26H38N6O3S. The third-order valence-electron chi connectivity index (χ3n) is 6.70. The maximum Gasteiger partial charge on any atom is 0.410 e. The van der Waals surface area contributed by atoms with Crippen LogP contribution in [0.25, 0.3) is 11.5 Å². The Morgan fingerprint density at radius 3 is 2.58 bits per heavy atom. The number of aryl methyl sites for hydroxylation is 1. The number of hydrogen-bond donors (Lipinski definition) is 1. The molecule has 2 aromatic rings. The van der Waals surface area contributed by atoms with Crippen LogP contribution in [-0.2, 0) is 9.53 Å². The molecule has 9 nitrogen and oxygen atoms in total. The second-order valence-electron chi connectivity index (χ2n) is 10.7. The monoisotopic (exact) mass is 514 g/mol. The molecule has 1 N–H and O–H groups in total. The zero-order valence-electron chi connectivity index (χ0n) is 22.1. The van der Waals surface area contributed by atoms with Gasteiger partial charge in [0.05, 0.1) is 5.01 Å². The number of anilines is 1. The van der Waals surface area contributed by atoms with E-state index in [4.69, 9.17) is 19.7 Å². The second kappa shape index (κ2) is 11.1. The summed E-state index contributed by atoms with van der Waals surface area (Å²) in [4.78, 5) is 42.3. The zero-order valence-corrected chi connectivity index (χ0v) is 22.9. The summed E-state index contributed by atoms with van der Waals surface area (Å²) in [5, 5.41) is 6.54. The Bertz CT molecular complexity index is 1090. The SMILES string of the molecule is Cc1nc(-c2csc(C3CCN(C(=O)OC(C)(C)C)CC3)n2)nc(NCCCN2CCCC2=O)c1C. The molecule has 0 spiro atoms. The number of nitrogens with one attached hydrogen (secondary N) is 1. The molecule has 196 valence electrons. The zero-order chi connectivity index (χ0) is 25.9. The Labute approximate surface area is 217 Å². The van der Waals surface area contributed by atoms with Crippen LogP contribution in [0.5, 0.6) is 0 Å². The highest BCUT2D eigenvalue weighted by Gasteiger charge is 2.29. The van der Waals surface area contributed by atoms with Crippen molar-refractivity contribution in [1.29, 1.82) is 0 Å². The van der Waals surface area contributed by atoms with Crippen molar-refractivity contribution in [2.24, 2.45) is 0 Å². The molecule has 0 saturated carbocycles. The van der Waals surface area contributed by atoms with E-state index in [2.05, 4.69) is 5.32 Å². The summed E-state index contributed by atoms with van der Waals surface area (Å²) < 4.78 is 5.51. The van der Waals surface area contributed by atoms with Crippen LogP contribution in [0.1, 0.15) is 75.1 Å². The average molecular weight is 515 g/mol. The average Bonchev–Trinajstić information content (AvgIpc) is 3.47. The van der Waals surface area contributed by atoms with Gasteiger partial charge in [-0.15, -0.1) is 11.3 Å². The molecule has 2 amide bonds. The van der Waals surface area contributed by atoms with Crippen molar-refractivity contribution < 1.29 is 14.3 Å². The largest absolute Gasteiger partial charge is 0.444 e. The number of ether oxygens (including phenoxy) is 1. The number of rotatable bonds is 7. The van der Waals surface area contributed by atoms with E-state index in [1.54, 1.807) is 16.2 Å². The summed E-state index contributed by atoms with van der Waals surface area (Å²) in [7, 11) is 0. The minimum Gasteiger partial charge on any atom is -0.444 e. The Morgan fingerprint density at radius 1 is 1.17 bits per heavy atom. The van der Waals surface area contributed by atoms with E-state index in [-0.39, 0.29) is 12.0 Å². The number of nitrogens with zero attached hydrogens (tertiary/aromatic N) is 5. The molecule has 4 heterocycles. The van der Waals surface area contributed by atoms with Gasteiger partial charge in [-0.25, -0.2) is 19.7 Å². The van der Waals surface area contributed by atoms with Gasteiger partial charge >= 0.3 is 6.09 Å². The van der Waals surface area contributed by atoms with Gasteiger partial charge in [0, 0.05) is 61.7 Å². The van der Waals surface area contributed by atoms with Crippen LogP contribution in [0, 0.1) is 13.8 Å². The van der Waals surface area contributed by atoms with E-state index in [9.17, 15) is 9.59 Å². The van der Waals surface area contributed by atoms with Gasteiger partial charge in [-0.05, 0) is 60.3 Å². The first-order valence-corrected chi connectivity index (χ1v) is 13.8. The Morgan fingerprint density at radius 2 is 1.92 bits per heavy atom. The van der Waals surface area contributed by atoms with Crippen LogP contribution < -0.4 is 5.32 Å². The van der Waals surface area contributed by atoms with Crippen molar-refractivity contribution in [1.82, 2.24) is 24.8 Å². The molecule has 0 bridgehead atoms. The number of likely N-dealkylation sites (tertiary alicyclic amines) is 2. The lowest BCUT2D eigenvalue weighted by molar-refractivity contribution is -0.127. The molecule has 10 heteroatoms. The van der Waals surface area contributed by atoms with Gasteiger partial charge < -0.3 is 19.9 Å². The van der Waals surface area contributed by atoms with Gasteiger partial charge in [0.2, 0.25) is 5.91 Å². The van der Waals surface area contributed by atoms with Gasteiger partial charge in [-0.1, -0.05) is 0 Å². The number of amides is 2. The third kappa shape index (κ3) is 6.52. The highest BCUT2D eigenvalue weighted by Crippen LogP contribution is 2.33. The summed E-state index contributed by atoms with van der Waals surface area (Å²) in [5.74, 6) is 2.04. The number of carbonyl (C=O) groups is 2. The van der Waals surface area contributed by atoms with E-state index < -0.39 is 5.60 Å². The fraction of sp³-hybridized carbons (Fsp3) is 0.654. The summed E-state index contributed by atoms with van der Waals surface area (Å²) in [6.07, 6.45) is 4.03. The van der Waals surface area contributed by atoms with Crippen LogP contribution in [0.4, 0.5) is 10.6 Å². The number of aromatic nitrogens is 3. The number of carbonyl (C=O) groups excluding carboxylic acids is 2. The molecule has 2 aliphatic rings. The maximum atomic E-state index is 12.4. The number of piperidine rings is 1. The van der Waals surface area contributed by atoms with E-state index in [0.717, 1.165) is 73.1 Å². The first-order chi connectivity index (χ1) is 17.1. The molecule has 0 atom stereocenters. The standard InChI is InChI=1S/C26H38N6O3S/c1-17-18(2)28-23(30-22(17)27-11-7-13-31-12-6-8-21(31)33)20-16-36-24(29-20)19-9-14-32(15-10-19)25(34)35-26(3,4)5/h16,19H,6-15H2,1-5H3,(H,27,28,30). The first kappa shape index (κ1) is 26.3. The third-order valence-corrected chi connectivity index (χ3v) is 7.71. The van der Waals surface area contributed by atoms with Crippen molar-refractivity contribution in [3.05, 3.63) is 21.6 Å². The highest BCUT2D eigenvalue weighted by molar-refractivity contribution is 7.10. The number of hydrogen-bond acceptors (Lipinski definition) is 8. The fourth-order valence-corrected chi connectivity index (χ4v) is 5.52. The molecule has 2 aliphatic heterocycles. The van der Waals surface area contributed by atoms with Crippen LogP contribution in [0.3, 0.4) is 0 Å². The van der Waals surface area contributed by atoms with Crippen LogP contribution >= 0.6 is 11.3 Å². The van der Waals surface area contributed by atoms with E-state index in [1.165, 1.54) is 0 Å². The van der Waals surface area contributed by atoms with Crippen LogP contribution in [-0.4, -0.2) is 75.1 Å². The lowest BCUT2D eigenvalue weighted by atomic mass is 9.98. The molecule has 2 fully saturated rings. The minimum atomic E-state index is -0.481. The predicted octanol–water partition coefficient (Wildman–Crippen LogP) is 4.76. The molecule has 2 saturated heterocycles. The predicted molar refractivity (Wildman–Crippen MR) is 141 cm³/mol. The normalized spacial score (nSPS) is 17.1. The van der Waals surface area contributed by atoms with Crippen LogP contribution in [0.2, 0.25) is 0 Å². The van der Waals surface area contributed by atoms with Gasteiger partial charge in [-0.3, -0.25) is 4.79 Å². The molecule has 4 rings (SSSR count). The van der Waals surface area contributed by atoms with Gasteiger partial charge in [0.25, 0.3) is 0 Å². The van der Waals surface area contributed by atoms with Crippen molar-refractivity contribution in [2.45, 2.75) is 78.2 Å². The van der Waals surface area contributed by atoms with Gasteiger partial charge in [0.15, 0.2) is 5.82 Å². The topological polar surface area (TPSA) is 101 Å². The second-order valence-corrected chi connectivity index (χ2v) is 11.6. The summed E-state index contributed by atoms with van der Waals surface area (Å²) in [6, 6.07) is 0. The summed E-state index contributed by atoms with van der Waals surface area (Å²) >= 11 is 1.64. The number of thiazole rings is 1. The Hall–Kier alpha value is -2.75. The molecule has 2 aromatic heterocycles. The Balaban J connectivity index is 1.35. The van der Waals surface area contributed by atoms with Gasteiger partial charge in [0.1, 0.15) is 17.1 Å². The van der Waals surface area contributed by atoms with Gasteiger partial charge in [-0.2, -0.15) is 0 Å². The smallest absolute Gasteiger partial charge is 0.410 e. The molecule has 36 heavy (non-hydrogen) atoms.